The van der Waals surface area contributed by atoms with Crippen molar-refractivity contribution in [1.82, 2.24) is 25.3 Å². The summed E-state index contributed by atoms with van der Waals surface area (Å²) in [6.07, 6.45) is 7.43. The minimum atomic E-state index is -0.219. The number of aryl methyl sites for hydroxylation is 1. The Hall–Kier alpha value is -5.33. The molecule has 2 N–H and O–H groups in total. The number of benzene rings is 2. The summed E-state index contributed by atoms with van der Waals surface area (Å²) in [5.74, 6) is 3.76. The predicted molar refractivity (Wildman–Crippen MR) is 197 cm³/mol. The summed E-state index contributed by atoms with van der Waals surface area (Å²) in [5.41, 5.74) is 6.45. The maximum atomic E-state index is 14.3. The lowest BCUT2D eigenvalue weighted by atomic mass is 10.0. The number of nitrogens with zero attached hydrogens (tertiary/aromatic N) is 5. The van der Waals surface area contributed by atoms with Gasteiger partial charge in [-0.25, -0.2) is 19.9 Å². The van der Waals surface area contributed by atoms with Crippen molar-refractivity contribution in [1.29, 1.82) is 0 Å². The van der Waals surface area contributed by atoms with Crippen LogP contribution in [0.3, 0.4) is 0 Å². The van der Waals surface area contributed by atoms with Crippen LogP contribution in [0.1, 0.15) is 75.7 Å². The van der Waals surface area contributed by atoms with Gasteiger partial charge in [0.1, 0.15) is 28.7 Å². The highest BCUT2D eigenvalue weighted by Crippen LogP contribution is 2.40. The second-order valence-electron chi connectivity index (χ2n) is 13.9. The van der Waals surface area contributed by atoms with E-state index in [0.29, 0.717) is 48.5 Å². The van der Waals surface area contributed by atoms with Gasteiger partial charge in [-0.05, 0) is 75.0 Å². The molecule has 2 aromatic carbocycles. The van der Waals surface area contributed by atoms with Gasteiger partial charge in [0, 0.05) is 60.0 Å². The van der Waals surface area contributed by atoms with Gasteiger partial charge in [0.05, 0.1) is 56.4 Å². The zero-order valence-corrected chi connectivity index (χ0v) is 30.0. The van der Waals surface area contributed by atoms with E-state index in [9.17, 15) is 4.79 Å². The van der Waals surface area contributed by atoms with Crippen molar-refractivity contribution >= 4 is 28.3 Å². The van der Waals surface area contributed by atoms with Gasteiger partial charge in [-0.2, -0.15) is 0 Å². The molecule has 0 saturated heterocycles. The first-order valence-corrected chi connectivity index (χ1v) is 17.8. The van der Waals surface area contributed by atoms with E-state index in [1.54, 1.807) is 31.5 Å². The third-order valence-corrected chi connectivity index (χ3v) is 10.1. The zero-order chi connectivity index (χ0) is 35.8. The van der Waals surface area contributed by atoms with Gasteiger partial charge >= 0.3 is 0 Å². The van der Waals surface area contributed by atoms with Crippen molar-refractivity contribution in [3.05, 3.63) is 100 Å². The van der Waals surface area contributed by atoms with Gasteiger partial charge in [0.25, 0.3) is 5.91 Å². The van der Waals surface area contributed by atoms with Crippen molar-refractivity contribution in [2.45, 2.75) is 70.4 Å². The molecule has 0 spiro atoms. The maximum absolute atomic E-state index is 14.3. The Morgan fingerprint density at radius 1 is 0.981 bits per heavy atom. The summed E-state index contributed by atoms with van der Waals surface area (Å²) in [4.78, 5) is 35.1. The second kappa shape index (κ2) is 14.0. The SMILES string of the molecule is CNCC1(Oc2ccc(N(Cc3ccc4c5c(c(NCc6ccc(OC)cc6OC)nc4c3)COC5)C(=O)c3cnc(C4CC4)nc3)c(C)n2)CC1. The molecule has 52 heavy (non-hydrogen) atoms. The Morgan fingerprint density at radius 3 is 2.50 bits per heavy atom. The molecule has 2 saturated carbocycles. The molecule has 5 aromatic rings. The molecular weight excluding hydrogens is 658 g/mol. The van der Waals surface area contributed by atoms with Crippen molar-refractivity contribution in [3.63, 3.8) is 0 Å². The van der Waals surface area contributed by atoms with Crippen LogP contribution in [0.4, 0.5) is 11.5 Å². The normalized spacial score (nSPS) is 15.6. The quantitative estimate of drug-likeness (QED) is 0.136. The van der Waals surface area contributed by atoms with E-state index in [-0.39, 0.29) is 18.1 Å². The van der Waals surface area contributed by atoms with Crippen LogP contribution in [0.2, 0.25) is 0 Å². The highest BCUT2D eigenvalue weighted by atomic mass is 16.5. The van der Waals surface area contributed by atoms with Gasteiger partial charge in [0.2, 0.25) is 5.88 Å². The Kier molecular flexibility index (Phi) is 9.10. The predicted octanol–water partition coefficient (Wildman–Crippen LogP) is 6.24. The third kappa shape index (κ3) is 6.83. The minimum absolute atomic E-state index is 0.207. The van der Waals surface area contributed by atoms with E-state index in [0.717, 1.165) is 88.5 Å². The molecule has 0 atom stereocenters. The van der Waals surface area contributed by atoms with Crippen LogP contribution in [0.15, 0.2) is 60.9 Å². The van der Waals surface area contributed by atoms with Crippen molar-refractivity contribution in [3.8, 4) is 17.4 Å². The first-order chi connectivity index (χ1) is 25.4. The molecule has 1 aliphatic heterocycles. The fourth-order valence-electron chi connectivity index (χ4n) is 6.89. The van der Waals surface area contributed by atoms with E-state index in [4.69, 9.17) is 28.9 Å². The molecule has 2 fully saturated rings. The molecule has 1 amide bonds. The molecule has 3 aromatic heterocycles. The van der Waals surface area contributed by atoms with Gasteiger partial charge in [0.15, 0.2) is 0 Å². The van der Waals surface area contributed by atoms with Crippen LogP contribution in [0, 0.1) is 6.92 Å². The lowest BCUT2D eigenvalue weighted by Gasteiger charge is -2.25. The molecule has 268 valence electrons. The summed E-state index contributed by atoms with van der Waals surface area (Å²) in [6.45, 7) is 4.44. The first-order valence-electron chi connectivity index (χ1n) is 17.8. The van der Waals surface area contributed by atoms with Crippen molar-refractivity contribution in [2.24, 2.45) is 0 Å². The second-order valence-corrected chi connectivity index (χ2v) is 13.9. The molecule has 2 aliphatic carbocycles. The third-order valence-electron chi connectivity index (χ3n) is 10.1. The lowest BCUT2D eigenvalue weighted by Crippen LogP contribution is -2.32. The molecule has 0 radical (unpaired) electrons. The van der Waals surface area contributed by atoms with Crippen molar-refractivity contribution in [2.75, 3.05) is 38.0 Å². The highest BCUT2D eigenvalue weighted by Gasteiger charge is 2.45. The van der Waals surface area contributed by atoms with E-state index >= 15 is 0 Å². The van der Waals surface area contributed by atoms with Gasteiger partial charge in [-0.1, -0.05) is 12.1 Å². The van der Waals surface area contributed by atoms with Crippen LogP contribution >= 0.6 is 0 Å². The molecule has 0 bridgehead atoms. The number of rotatable bonds is 14. The average molecular weight is 702 g/mol. The minimum Gasteiger partial charge on any atom is -0.497 e. The number of hydrogen-bond acceptors (Lipinski definition) is 11. The monoisotopic (exact) mass is 701 g/mol. The number of carbonyl (C=O) groups is 1. The maximum Gasteiger partial charge on any atom is 0.261 e. The number of likely N-dealkylation sites (N-methyl/N-ethyl adjacent to an activating group) is 1. The Morgan fingerprint density at radius 2 is 1.79 bits per heavy atom. The highest BCUT2D eigenvalue weighted by molar-refractivity contribution is 6.06. The Labute approximate surface area is 302 Å². The van der Waals surface area contributed by atoms with Crippen LogP contribution < -0.4 is 29.7 Å². The molecule has 8 rings (SSSR count). The number of fused-ring (bicyclic) bond motifs is 3. The molecular formula is C40H43N7O5. The number of anilines is 2. The van der Waals surface area contributed by atoms with E-state index < -0.39 is 0 Å². The largest absolute Gasteiger partial charge is 0.497 e. The summed E-state index contributed by atoms with van der Waals surface area (Å²) < 4.78 is 23.2. The Balaban J connectivity index is 1.11. The van der Waals surface area contributed by atoms with Crippen LogP contribution in [-0.4, -0.2) is 59.3 Å². The fourth-order valence-corrected chi connectivity index (χ4v) is 6.89. The van der Waals surface area contributed by atoms with E-state index in [1.807, 2.05) is 44.3 Å². The first kappa shape index (κ1) is 33.8. The number of aromatic nitrogens is 4. The molecule has 3 aliphatic rings. The zero-order valence-electron chi connectivity index (χ0n) is 30.0. The van der Waals surface area contributed by atoms with Crippen molar-refractivity contribution < 1.29 is 23.7 Å². The Bertz CT molecular complexity index is 2130. The molecule has 12 nitrogen and oxygen atoms in total. The summed E-state index contributed by atoms with van der Waals surface area (Å²) in [6, 6.07) is 15.7. The number of nitrogens with one attached hydrogen (secondary N) is 2. The number of ether oxygens (including phenoxy) is 4. The van der Waals surface area contributed by atoms with E-state index in [1.165, 1.54) is 0 Å². The standard InChI is InChI=1S/C40H43N7O5/c1-24-34(11-12-36(45-24)52-40(13-14-40)23-41-2)47(39(48)28-18-42-37(43-19-28)26-6-7-26)20-25-5-10-30-31-21-51-22-32(31)38(46-33(30)15-25)44-17-27-8-9-29(49-3)16-35(27)50-4/h5,8-12,15-16,18-19,26,41H,6-7,13-14,17,20-23H2,1-4H3,(H,44,46). The summed E-state index contributed by atoms with van der Waals surface area (Å²) >= 11 is 0. The van der Waals surface area contributed by atoms with Crippen LogP contribution in [0.25, 0.3) is 10.9 Å². The van der Waals surface area contributed by atoms with Crippen LogP contribution in [0.5, 0.6) is 17.4 Å². The smallest absolute Gasteiger partial charge is 0.261 e. The number of pyridine rings is 2. The van der Waals surface area contributed by atoms with Crippen LogP contribution in [-0.2, 0) is 31.0 Å². The lowest BCUT2D eigenvalue weighted by molar-refractivity contribution is 0.0983. The number of methoxy groups -OCH3 is 2. The molecule has 4 heterocycles. The summed E-state index contributed by atoms with van der Waals surface area (Å²) in [5, 5.41) is 7.78. The van der Waals surface area contributed by atoms with E-state index in [2.05, 4.69) is 38.8 Å². The number of carbonyl (C=O) groups excluding carboxylic acids is 1. The topological polar surface area (TPSA) is 133 Å². The average Bonchev–Trinajstić information content (AvgIpc) is 4.10. The number of hydrogen-bond donors (Lipinski definition) is 2. The van der Waals surface area contributed by atoms with Gasteiger partial charge in [-0.3, -0.25) is 4.79 Å². The van der Waals surface area contributed by atoms with Gasteiger partial charge in [-0.15, -0.1) is 0 Å². The van der Waals surface area contributed by atoms with Gasteiger partial charge < -0.3 is 34.5 Å². The number of amides is 1. The molecule has 12 heteroatoms. The summed E-state index contributed by atoms with van der Waals surface area (Å²) in [7, 11) is 5.21. The fraction of sp³-hybridized carbons (Fsp3) is 0.375. The molecule has 0 unspecified atom stereocenters.